The lowest BCUT2D eigenvalue weighted by molar-refractivity contribution is 0.0624. The molecule has 0 atom stereocenters. The van der Waals surface area contributed by atoms with Crippen LogP contribution in [0.5, 0.6) is 5.75 Å². The van der Waals surface area contributed by atoms with Crippen LogP contribution >= 0.6 is 0 Å². The Morgan fingerprint density at radius 3 is 2.73 bits per heavy atom. The fraction of sp³-hybridized carbons (Fsp3) is 0.417. The summed E-state index contributed by atoms with van der Waals surface area (Å²) < 4.78 is 5.73. The highest BCUT2D eigenvalue weighted by Crippen LogP contribution is 2.37. The molecule has 80 valence electrons. The molecular formula is C12H15NO2. The average molecular weight is 205 g/mol. The Hall–Kier alpha value is -1.51. The second-order valence-electron chi connectivity index (χ2n) is 4.69. The summed E-state index contributed by atoms with van der Waals surface area (Å²) in [6.07, 6.45) is 0.406. The van der Waals surface area contributed by atoms with E-state index in [1.54, 1.807) is 0 Å². The van der Waals surface area contributed by atoms with Gasteiger partial charge in [0, 0.05) is 0 Å². The molecule has 1 aliphatic heterocycles. The maximum Gasteiger partial charge on any atom is 0.170 e. The van der Waals surface area contributed by atoms with Gasteiger partial charge >= 0.3 is 0 Å². The summed E-state index contributed by atoms with van der Waals surface area (Å²) >= 11 is 0. The molecule has 3 nitrogen and oxygen atoms in total. The van der Waals surface area contributed by atoms with Gasteiger partial charge in [-0.15, -0.1) is 0 Å². The molecule has 2 N–H and O–H groups in total. The van der Waals surface area contributed by atoms with Crippen molar-refractivity contribution < 1.29 is 9.53 Å². The van der Waals surface area contributed by atoms with Crippen LogP contribution in [0.1, 0.15) is 36.2 Å². The number of nitrogens with two attached hydrogens (primary N) is 1. The molecule has 3 heteroatoms. The van der Waals surface area contributed by atoms with Crippen LogP contribution in [0.2, 0.25) is 0 Å². The Labute approximate surface area is 89.2 Å². The lowest BCUT2D eigenvalue weighted by Gasteiger charge is -2.32. The van der Waals surface area contributed by atoms with Gasteiger partial charge in [-0.2, -0.15) is 0 Å². The lowest BCUT2D eigenvalue weighted by Crippen LogP contribution is -2.36. The molecule has 0 amide bonds. The summed E-state index contributed by atoms with van der Waals surface area (Å²) in [7, 11) is 0. The minimum Gasteiger partial charge on any atom is -0.484 e. The summed E-state index contributed by atoms with van der Waals surface area (Å²) in [4.78, 5) is 11.9. The van der Waals surface area contributed by atoms with Crippen molar-refractivity contribution in [1.29, 1.82) is 0 Å². The smallest absolute Gasteiger partial charge is 0.170 e. The number of nitrogen functional groups attached to an aromatic ring is 1. The molecule has 0 bridgehead atoms. The van der Waals surface area contributed by atoms with E-state index in [0.717, 1.165) is 5.56 Å². The zero-order valence-corrected chi connectivity index (χ0v) is 9.26. The predicted molar refractivity (Wildman–Crippen MR) is 59.2 cm³/mol. The Balaban J connectivity index is 2.60. The summed E-state index contributed by atoms with van der Waals surface area (Å²) in [5.41, 5.74) is 7.55. The van der Waals surface area contributed by atoms with E-state index >= 15 is 0 Å². The van der Waals surface area contributed by atoms with Gasteiger partial charge in [0.15, 0.2) is 11.5 Å². The molecular weight excluding hydrogens is 190 g/mol. The summed E-state index contributed by atoms with van der Waals surface area (Å²) in [5, 5.41) is 0. The number of benzene rings is 1. The molecule has 0 unspecified atom stereocenters. The first-order valence-electron chi connectivity index (χ1n) is 5.01. The minimum atomic E-state index is -0.451. The van der Waals surface area contributed by atoms with Gasteiger partial charge in [0.1, 0.15) is 5.60 Å². The van der Waals surface area contributed by atoms with Crippen LogP contribution in [0.3, 0.4) is 0 Å². The van der Waals surface area contributed by atoms with E-state index in [-0.39, 0.29) is 5.78 Å². The molecule has 0 saturated heterocycles. The SMILES string of the molecule is Cc1cc(N)c2c(c1)C(=O)CC(C)(C)O2. The van der Waals surface area contributed by atoms with E-state index in [0.29, 0.717) is 23.4 Å². The first-order chi connectivity index (χ1) is 6.89. The van der Waals surface area contributed by atoms with Crippen molar-refractivity contribution in [2.45, 2.75) is 32.8 Å². The summed E-state index contributed by atoms with van der Waals surface area (Å²) in [6, 6.07) is 3.66. The number of Topliss-reactive ketones (excluding diaryl/α,β-unsaturated/α-hetero) is 1. The van der Waals surface area contributed by atoms with E-state index in [2.05, 4.69) is 0 Å². The third-order valence-corrected chi connectivity index (χ3v) is 2.53. The normalized spacial score (nSPS) is 18.2. The third-order valence-electron chi connectivity index (χ3n) is 2.53. The lowest BCUT2D eigenvalue weighted by atomic mass is 9.92. The number of ketones is 1. The van der Waals surface area contributed by atoms with Crippen molar-refractivity contribution in [3.05, 3.63) is 23.3 Å². The number of carbonyl (C=O) groups is 1. The molecule has 0 spiro atoms. The minimum absolute atomic E-state index is 0.108. The van der Waals surface area contributed by atoms with Gasteiger partial charge in [0.05, 0.1) is 17.7 Å². The van der Waals surface area contributed by atoms with Crippen LogP contribution in [0, 0.1) is 6.92 Å². The van der Waals surface area contributed by atoms with Crippen LogP contribution in [0.25, 0.3) is 0 Å². The zero-order chi connectivity index (χ0) is 11.2. The van der Waals surface area contributed by atoms with E-state index in [9.17, 15) is 4.79 Å². The molecule has 15 heavy (non-hydrogen) atoms. The quantitative estimate of drug-likeness (QED) is 0.661. The molecule has 0 aliphatic carbocycles. The van der Waals surface area contributed by atoms with Gasteiger partial charge in [0.2, 0.25) is 0 Å². The van der Waals surface area contributed by atoms with E-state index in [1.807, 2.05) is 32.9 Å². The monoisotopic (exact) mass is 205 g/mol. The fourth-order valence-electron chi connectivity index (χ4n) is 1.92. The first kappa shape index (κ1) is 10.0. The van der Waals surface area contributed by atoms with Gasteiger partial charge < -0.3 is 10.5 Å². The van der Waals surface area contributed by atoms with Crippen molar-refractivity contribution in [2.24, 2.45) is 0 Å². The number of hydrogen-bond acceptors (Lipinski definition) is 3. The van der Waals surface area contributed by atoms with E-state index in [4.69, 9.17) is 10.5 Å². The number of ether oxygens (including phenoxy) is 1. The largest absolute Gasteiger partial charge is 0.484 e. The number of rotatable bonds is 0. The van der Waals surface area contributed by atoms with E-state index in [1.165, 1.54) is 0 Å². The van der Waals surface area contributed by atoms with Crippen LogP contribution < -0.4 is 10.5 Å². The molecule has 1 aromatic carbocycles. The summed E-state index contributed by atoms with van der Waals surface area (Å²) in [6.45, 7) is 5.71. The Morgan fingerprint density at radius 1 is 1.40 bits per heavy atom. The molecule has 0 saturated carbocycles. The van der Waals surface area contributed by atoms with Gasteiger partial charge in [0.25, 0.3) is 0 Å². The molecule has 0 aromatic heterocycles. The maximum atomic E-state index is 11.9. The van der Waals surface area contributed by atoms with Crippen molar-refractivity contribution in [3.63, 3.8) is 0 Å². The highest BCUT2D eigenvalue weighted by molar-refractivity contribution is 6.02. The second-order valence-corrected chi connectivity index (χ2v) is 4.69. The average Bonchev–Trinajstić information content (AvgIpc) is 2.06. The summed E-state index contributed by atoms with van der Waals surface area (Å²) in [5.74, 6) is 0.651. The van der Waals surface area contributed by atoms with Crippen molar-refractivity contribution in [3.8, 4) is 5.75 Å². The molecule has 1 aromatic rings. The van der Waals surface area contributed by atoms with Gasteiger partial charge in [-0.3, -0.25) is 4.79 Å². The second kappa shape index (κ2) is 2.99. The molecule has 0 radical (unpaired) electrons. The highest BCUT2D eigenvalue weighted by Gasteiger charge is 2.33. The van der Waals surface area contributed by atoms with Crippen LogP contribution in [0.15, 0.2) is 12.1 Å². The van der Waals surface area contributed by atoms with Crippen LogP contribution in [-0.4, -0.2) is 11.4 Å². The van der Waals surface area contributed by atoms with Crippen molar-refractivity contribution in [1.82, 2.24) is 0 Å². The predicted octanol–water partition coefficient (Wildman–Crippen LogP) is 2.32. The molecule has 1 heterocycles. The fourth-order valence-corrected chi connectivity index (χ4v) is 1.92. The topological polar surface area (TPSA) is 52.3 Å². The number of hydrogen-bond donors (Lipinski definition) is 1. The highest BCUT2D eigenvalue weighted by atomic mass is 16.5. The number of aryl methyl sites for hydroxylation is 1. The standard InChI is InChI=1S/C12H15NO2/c1-7-4-8-10(14)6-12(2,3)15-11(8)9(13)5-7/h4-5H,6,13H2,1-3H3. The van der Waals surface area contributed by atoms with Crippen LogP contribution in [0.4, 0.5) is 5.69 Å². The zero-order valence-electron chi connectivity index (χ0n) is 9.26. The number of fused-ring (bicyclic) bond motifs is 1. The molecule has 2 rings (SSSR count). The first-order valence-corrected chi connectivity index (χ1v) is 5.01. The third kappa shape index (κ3) is 1.69. The van der Waals surface area contributed by atoms with Gasteiger partial charge in [-0.25, -0.2) is 0 Å². The molecule has 0 fully saturated rings. The Kier molecular flexibility index (Phi) is 2.00. The van der Waals surface area contributed by atoms with Crippen molar-refractivity contribution >= 4 is 11.5 Å². The van der Waals surface area contributed by atoms with E-state index < -0.39 is 5.60 Å². The van der Waals surface area contributed by atoms with Gasteiger partial charge in [-0.1, -0.05) is 0 Å². The Morgan fingerprint density at radius 2 is 2.07 bits per heavy atom. The maximum absolute atomic E-state index is 11.9. The Bertz CT molecular complexity index is 435. The van der Waals surface area contributed by atoms with Gasteiger partial charge in [-0.05, 0) is 38.5 Å². The van der Waals surface area contributed by atoms with Crippen LogP contribution in [-0.2, 0) is 0 Å². The van der Waals surface area contributed by atoms with Crippen molar-refractivity contribution in [2.75, 3.05) is 5.73 Å². The molecule has 1 aliphatic rings. The number of carbonyl (C=O) groups excluding carboxylic acids is 1. The number of anilines is 1.